The highest BCUT2D eigenvalue weighted by Gasteiger charge is 2.27. The van der Waals surface area contributed by atoms with Gasteiger partial charge in [-0.25, -0.2) is 4.79 Å². The first-order chi connectivity index (χ1) is 9.72. The van der Waals surface area contributed by atoms with Gasteiger partial charge in [-0.05, 0) is 36.5 Å². The van der Waals surface area contributed by atoms with E-state index in [0.29, 0.717) is 17.2 Å². The second-order valence-electron chi connectivity index (χ2n) is 4.95. The fraction of sp³-hybridized carbons (Fsp3) is 0.231. The Hall–Kier alpha value is -2.70. The first-order valence-electron chi connectivity index (χ1n) is 6.40. The summed E-state index contributed by atoms with van der Waals surface area (Å²) in [5.74, 6) is 0.512. The maximum atomic E-state index is 11.9. The van der Waals surface area contributed by atoms with Crippen molar-refractivity contribution in [1.29, 1.82) is 0 Å². The van der Waals surface area contributed by atoms with Crippen LogP contribution in [0.15, 0.2) is 34.1 Å². The van der Waals surface area contributed by atoms with Gasteiger partial charge in [0, 0.05) is 6.20 Å². The summed E-state index contributed by atoms with van der Waals surface area (Å²) < 4.78 is 1.54. The largest absolute Gasteiger partial charge is 0.325 e. The zero-order valence-corrected chi connectivity index (χ0v) is 10.5. The molecule has 4 rings (SSSR count). The molecular formula is C13H11N5O2. The van der Waals surface area contributed by atoms with E-state index in [1.165, 1.54) is 10.8 Å². The van der Waals surface area contributed by atoms with Crippen molar-refractivity contribution in [2.45, 2.75) is 18.8 Å². The summed E-state index contributed by atoms with van der Waals surface area (Å²) in [5, 5.41) is 8.47. The van der Waals surface area contributed by atoms with E-state index in [1.54, 1.807) is 6.20 Å². The molecule has 0 aliphatic heterocycles. The lowest BCUT2D eigenvalue weighted by Crippen LogP contribution is -2.23. The molecule has 0 atom stereocenters. The highest BCUT2D eigenvalue weighted by atomic mass is 16.2. The molecule has 2 N–H and O–H groups in total. The monoisotopic (exact) mass is 269 g/mol. The Kier molecular flexibility index (Phi) is 2.17. The summed E-state index contributed by atoms with van der Waals surface area (Å²) in [4.78, 5) is 27.6. The molecule has 0 spiro atoms. The molecule has 0 unspecified atom stereocenters. The van der Waals surface area contributed by atoms with Crippen molar-refractivity contribution in [1.82, 2.24) is 24.8 Å². The van der Waals surface area contributed by atoms with Crippen LogP contribution in [-0.4, -0.2) is 24.8 Å². The Morgan fingerprint density at radius 3 is 2.90 bits per heavy atom. The smallest absolute Gasteiger partial charge is 0.313 e. The minimum absolute atomic E-state index is 0.337. The van der Waals surface area contributed by atoms with Gasteiger partial charge in [-0.3, -0.25) is 9.78 Å². The van der Waals surface area contributed by atoms with Crippen LogP contribution >= 0.6 is 0 Å². The number of aromatic amines is 2. The van der Waals surface area contributed by atoms with Gasteiger partial charge in [0.2, 0.25) is 0 Å². The Labute approximate surface area is 112 Å². The van der Waals surface area contributed by atoms with Gasteiger partial charge in [-0.2, -0.15) is 9.73 Å². The normalized spacial score (nSPS) is 14.8. The summed E-state index contributed by atoms with van der Waals surface area (Å²) in [5.41, 5.74) is 2.00. The minimum Gasteiger partial charge on any atom is -0.313 e. The van der Waals surface area contributed by atoms with Crippen LogP contribution in [0.3, 0.4) is 0 Å². The lowest BCUT2D eigenvalue weighted by molar-refractivity contribution is 0.794. The van der Waals surface area contributed by atoms with Crippen molar-refractivity contribution < 1.29 is 0 Å². The summed E-state index contributed by atoms with van der Waals surface area (Å²) in [6, 6.07) is 3.83. The zero-order valence-electron chi connectivity index (χ0n) is 10.5. The number of rotatable bonds is 2. The molecule has 0 aromatic carbocycles. The first-order valence-corrected chi connectivity index (χ1v) is 6.40. The second-order valence-corrected chi connectivity index (χ2v) is 4.95. The van der Waals surface area contributed by atoms with Crippen LogP contribution in [0.25, 0.3) is 16.8 Å². The fourth-order valence-electron chi connectivity index (χ4n) is 2.39. The van der Waals surface area contributed by atoms with Crippen molar-refractivity contribution in [2.75, 3.05) is 0 Å². The molecule has 0 amide bonds. The number of hydrogen-bond donors (Lipinski definition) is 2. The third-order valence-electron chi connectivity index (χ3n) is 3.53. The summed E-state index contributed by atoms with van der Waals surface area (Å²) in [6.07, 6.45) is 5.36. The van der Waals surface area contributed by atoms with Gasteiger partial charge in [-0.1, -0.05) is 0 Å². The minimum atomic E-state index is -0.527. The summed E-state index contributed by atoms with van der Waals surface area (Å²) >= 11 is 0. The average Bonchev–Trinajstić information content (AvgIpc) is 3.15. The van der Waals surface area contributed by atoms with Gasteiger partial charge in [0.05, 0.1) is 17.3 Å². The molecule has 3 aromatic rings. The van der Waals surface area contributed by atoms with Crippen LogP contribution in [0.2, 0.25) is 0 Å². The molecule has 3 heterocycles. The van der Waals surface area contributed by atoms with Gasteiger partial charge in [0.15, 0.2) is 0 Å². The van der Waals surface area contributed by atoms with Crippen molar-refractivity contribution in [3.05, 3.63) is 50.9 Å². The topological polar surface area (TPSA) is 95.9 Å². The maximum Gasteiger partial charge on any atom is 0.325 e. The molecule has 20 heavy (non-hydrogen) atoms. The Morgan fingerprint density at radius 2 is 2.15 bits per heavy atom. The van der Waals surface area contributed by atoms with Crippen molar-refractivity contribution >= 4 is 5.52 Å². The predicted molar refractivity (Wildman–Crippen MR) is 71.6 cm³/mol. The lowest BCUT2D eigenvalue weighted by Gasteiger charge is -2.05. The van der Waals surface area contributed by atoms with Gasteiger partial charge in [-0.15, -0.1) is 5.10 Å². The number of H-pyrrole nitrogens is 2. The number of nitrogens with zero attached hydrogens (tertiary/aromatic N) is 3. The zero-order chi connectivity index (χ0) is 13.7. The number of nitrogens with one attached hydrogen (secondary N) is 2. The maximum absolute atomic E-state index is 11.9. The van der Waals surface area contributed by atoms with Crippen LogP contribution in [0, 0.1) is 0 Å². The number of aromatic nitrogens is 5. The van der Waals surface area contributed by atoms with Crippen molar-refractivity contribution in [3.63, 3.8) is 0 Å². The van der Waals surface area contributed by atoms with E-state index in [4.69, 9.17) is 0 Å². The molecular weight excluding hydrogens is 258 g/mol. The third kappa shape index (κ3) is 1.67. The summed E-state index contributed by atoms with van der Waals surface area (Å²) in [6.45, 7) is 0. The molecule has 1 fully saturated rings. The highest BCUT2D eigenvalue weighted by molar-refractivity contribution is 5.64. The van der Waals surface area contributed by atoms with Gasteiger partial charge in [0.1, 0.15) is 5.69 Å². The molecule has 0 bridgehead atoms. The molecule has 1 aliphatic rings. The van der Waals surface area contributed by atoms with Gasteiger partial charge < -0.3 is 4.98 Å². The summed E-state index contributed by atoms with van der Waals surface area (Å²) in [7, 11) is 0. The van der Waals surface area contributed by atoms with E-state index < -0.39 is 11.2 Å². The van der Waals surface area contributed by atoms with Crippen LogP contribution in [0.5, 0.6) is 0 Å². The quantitative estimate of drug-likeness (QED) is 0.714. The van der Waals surface area contributed by atoms with Gasteiger partial charge >= 0.3 is 5.69 Å². The molecule has 7 heteroatoms. The second kappa shape index (κ2) is 3.89. The Bertz CT molecular complexity index is 916. The SMILES string of the molecule is O=c1[nH]cc(-c2cc(C3CC3)c3ccnn3n2)c(=O)[nH]1. The van der Waals surface area contributed by atoms with Crippen molar-refractivity contribution in [3.8, 4) is 11.3 Å². The van der Waals surface area contributed by atoms with E-state index in [-0.39, 0.29) is 0 Å². The van der Waals surface area contributed by atoms with Crippen molar-refractivity contribution in [2.24, 2.45) is 0 Å². The standard InChI is InChI=1S/C13H11N5O2/c19-12-9(6-14-13(20)16-12)10-5-8(7-1-2-7)11-3-4-15-18(11)17-10/h3-7H,1-2H2,(H2,14,16,19,20). The molecule has 7 nitrogen and oxygen atoms in total. The molecule has 3 aromatic heterocycles. The lowest BCUT2D eigenvalue weighted by atomic mass is 10.1. The average molecular weight is 269 g/mol. The number of fused-ring (bicyclic) bond motifs is 1. The van der Waals surface area contributed by atoms with Crippen LogP contribution < -0.4 is 11.2 Å². The van der Waals surface area contributed by atoms with Crippen LogP contribution in [0.1, 0.15) is 24.3 Å². The van der Waals surface area contributed by atoms with Gasteiger partial charge in [0.25, 0.3) is 5.56 Å². The van der Waals surface area contributed by atoms with E-state index in [9.17, 15) is 9.59 Å². The molecule has 0 saturated heterocycles. The highest BCUT2D eigenvalue weighted by Crippen LogP contribution is 2.42. The number of hydrogen-bond acceptors (Lipinski definition) is 4. The van der Waals surface area contributed by atoms with E-state index in [0.717, 1.165) is 23.9 Å². The molecule has 0 radical (unpaired) electrons. The molecule has 1 aliphatic carbocycles. The fourth-order valence-corrected chi connectivity index (χ4v) is 2.39. The van der Waals surface area contributed by atoms with Crippen LogP contribution in [-0.2, 0) is 0 Å². The molecule has 100 valence electrons. The predicted octanol–water partition coefficient (Wildman–Crippen LogP) is 0.650. The van der Waals surface area contributed by atoms with E-state index >= 15 is 0 Å². The van der Waals surface area contributed by atoms with E-state index in [1.807, 2.05) is 12.1 Å². The Balaban J connectivity index is 1.99. The Morgan fingerprint density at radius 1 is 1.30 bits per heavy atom. The first kappa shape index (κ1) is 11.2. The van der Waals surface area contributed by atoms with Crippen LogP contribution in [0.4, 0.5) is 0 Å². The molecule has 1 saturated carbocycles. The third-order valence-corrected chi connectivity index (χ3v) is 3.53. The van der Waals surface area contributed by atoms with E-state index in [2.05, 4.69) is 20.2 Å².